The van der Waals surface area contributed by atoms with Gasteiger partial charge in [-0.25, -0.2) is 4.79 Å². The maximum Gasteiger partial charge on any atom is 0.335 e. The van der Waals surface area contributed by atoms with Crippen LogP contribution in [0.1, 0.15) is 33.2 Å². The van der Waals surface area contributed by atoms with Crippen molar-refractivity contribution in [2.24, 2.45) is 0 Å². The van der Waals surface area contributed by atoms with Gasteiger partial charge in [-0.15, -0.1) is 0 Å². The van der Waals surface area contributed by atoms with E-state index in [1.54, 1.807) is 19.9 Å². The molecule has 17 heavy (non-hydrogen) atoms. The van der Waals surface area contributed by atoms with Gasteiger partial charge in [0.2, 0.25) is 0 Å². The fourth-order valence-electron chi connectivity index (χ4n) is 1.63. The molecule has 0 aliphatic heterocycles. The highest BCUT2D eigenvalue weighted by Gasteiger charge is 2.18. The number of hydrogen-bond donors (Lipinski definition) is 1. The molecule has 0 unspecified atom stereocenters. The molecule has 0 spiro atoms. The first-order valence-electron chi connectivity index (χ1n) is 5.10. The van der Waals surface area contributed by atoms with E-state index >= 15 is 0 Å². The molecule has 1 aromatic carbocycles. The molecule has 0 amide bonds. The summed E-state index contributed by atoms with van der Waals surface area (Å²) in [6.45, 7) is 3.32. The first kappa shape index (κ1) is 13.0. The summed E-state index contributed by atoms with van der Waals surface area (Å²) < 4.78 is 5.08. The van der Waals surface area contributed by atoms with E-state index in [-0.39, 0.29) is 11.3 Å². The average Bonchev–Trinajstić information content (AvgIpc) is 2.27. The van der Waals surface area contributed by atoms with Crippen LogP contribution in [0.15, 0.2) is 24.3 Å². The van der Waals surface area contributed by atoms with Crippen LogP contribution in [0, 0.1) is 6.92 Å². The number of aromatic carboxylic acids is 1. The Morgan fingerprint density at radius 1 is 1.35 bits per heavy atom. The summed E-state index contributed by atoms with van der Waals surface area (Å²) in [6, 6.07) is 2.93. The van der Waals surface area contributed by atoms with Crippen LogP contribution < -0.4 is 4.74 Å². The predicted octanol–water partition coefficient (Wildman–Crippen LogP) is 2.46. The van der Waals surface area contributed by atoms with Gasteiger partial charge in [-0.3, -0.25) is 4.79 Å². The third-order valence-corrected chi connectivity index (χ3v) is 2.44. The van der Waals surface area contributed by atoms with Gasteiger partial charge >= 0.3 is 5.97 Å². The van der Waals surface area contributed by atoms with Crippen LogP contribution in [0.2, 0.25) is 0 Å². The molecule has 0 atom stereocenters. The van der Waals surface area contributed by atoms with E-state index in [2.05, 4.69) is 0 Å². The number of hydrogen-bond acceptors (Lipinski definition) is 3. The molecular weight excluding hydrogens is 220 g/mol. The number of allylic oxidation sites excluding steroid dienone is 2. The van der Waals surface area contributed by atoms with Crippen molar-refractivity contribution in [2.75, 3.05) is 7.11 Å². The van der Waals surface area contributed by atoms with E-state index in [9.17, 15) is 9.59 Å². The second-order valence-electron chi connectivity index (χ2n) is 3.48. The van der Waals surface area contributed by atoms with Crippen LogP contribution in [0.3, 0.4) is 0 Å². The number of methoxy groups -OCH3 is 1. The molecular formula is C13H14O4. The minimum Gasteiger partial charge on any atom is -0.496 e. The van der Waals surface area contributed by atoms with Crippen molar-refractivity contribution in [2.45, 2.75) is 13.8 Å². The predicted molar refractivity (Wildman–Crippen MR) is 63.8 cm³/mol. The third-order valence-electron chi connectivity index (χ3n) is 2.44. The van der Waals surface area contributed by atoms with Crippen LogP contribution in [0.4, 0.5) is 0 Å². The summed E-state index contributed by atoms with van der Waals surface area (Å²) in [6.07, 6.45) is 2.99. The number of carbonyl (C=O) groups excluding carboxylic acids is 1. The lowest BCUT2D eigenvalue weighted by Gasteiger charge is -2.11. The molecule has 4 heteroatoms. The molecule has 4 nitrogen and oxygen atoms in total. The monoisotopic (exact) mass is 234 g/mol. The van der Waals surface area contributed by atoms with Crippen molar-refractivity contribution in [3.8, 4) is 5.75 Å². The summed E-state index contributed by atoms with van der Waals surface area (Å²) >= 11 is 0. The number of carbonyl (C=O) groups is 2. The van der Waals surface area contributed by atoms with E-state index in [0.29, 0.717) is 16.9 Å². The Hall–Kier alpha value is -2.10. The smallest absolute Gasteiger partial charge is 0.335 e. The summed E-state index contributed by atoms with van der Waals surface area (Å²) in [5, 5.41) is 9.00. The van der Waals surface area contributed by atoms with Gasteiger partial charge in [0.1, 0.15) is 5.75 Å². The zero-order chi connectivity index (χ0) is 13.0. The first-order valence-corrected chi connectivity index (χ1v) is 5.10. The van der Waals surface area contributed by atoms with Gasteiger partial charge < -0.3 is 9.84 Å². The van der Waals surface area contributed by atoms with Crippen molar-refractivity contribution in [3.05, 3.63) is 41.0 Å². The highest BCUT2D eigenvalue weighted by Crippen LogP contribution is 2.26. The quantitative estimate of drug-likeness (QED) is 0.642. The van der Waals surface area contributed by atoms with E-state index in [4.69, 9.17) is 9.84 Å². The molecule has 0 saturated carbocycles. The number of ketones is 1. The van der Waals surface area contributed by atoms with Crippen LogP contribution >= 0.6 is 0 Å². The standard InChI is InChI=1S/C13H14O4/c1-4-5-10(14)12-8(2)9(13(15)16)6-7-11(12)17-3/h4-7H,1-3H3,(H,15,16)/b5-4+. The molecule has 0 fully saturated rings. The molecule has 1 N–H and O–H groups in total. The number of rotatable bonds is 4. The maximum absolute atomic E-state index is 11.9. The Kier molecular flexibility index (Phi) is 4.04. The average molecular weight is 234 g/mol. The van der Waals surface area contributed by atoms with Crippen molar-refractivity contribution < 1.29 is 19.4 Å². The van der Waals surface area contributed by atoms with E-state index < -0.39 is 5.97 Å². The molecule has 0 aliphatic rings. The van der Waals surface area contributed by atoms with Gasteiger partial charge in [0.15, 0.2) is 5.78 Å². The Bertz CT molecular complexity index is 486. The fourth-order valence-corrected chi connectivity index (χ4v) is 1.63. The SMILES string of the molecule is C/C=C/C(=O)c1c(OC)ccc(C(=O)O)c1C. The normalized spacial score (nSPS) is 10.5. The summed E-state index contributed by atoms with van der Waals surface area (Å²) in [4.78, 5) is 22.8. The Labute approximate surface area is 99.5 Å². The first-order chi connectivity index (χ1) is 8.02. The van der Waals surface area contributed by atoms with Gasteiger partial charge in [-0.1, -0.05) is 6.08 Å². The van der Waals surface area contributed by atoms with Gasteiger partial charge in [0, 0.05) is 0 Å². The van der Waals surface area contributed by atoms with E-state index in [1.807, 2.05) is 0 Å². The molecule has 0 saturated heterocycles. The lowest BCUT2D eigenvalue weighted by molar-refractivity contribution is 0.0696. The second kappa shape index (κ2) is 5.30. The second-order valence-corrected chi connectivity index (χ2v) is 3.48. The lowest BCUT2D eigenvalue weighted by Crippen LogP contribution is -2.08. The number of ether oxygens (including phenoxy) is 1. The zero-order valence-corrected chi connectivity index (χ0v) is 9.98. The Balaban J connectivity index is 3.47. The molecule has 0 radical (unpaired) electrons. The van der Waals surface area contributed by atoms with E-state index in [1.165, 1.54) is 25.3 Å². The van der Waals surface area contributed by atoms with Crippen LogP contribution in [-0.4, -0.2) is 24.0 Å². The lowest BCUT2D eigenvalue weighted by atomic mass is 9.98. The third kappa shape index (κ3) is 2.53. The Morgan fingerprint density at radius 2 is 2.00 bits per heavy atom. The summed E-state index contributed by atoms with van der Waals surface area (Å²) in [5.41, 5.74) is 0.823. The van der Waals surface area contributed by atoms with Gasteiger partial charge in [0.05, 0.1) is 18.2 Å². The number of carboxylic acids is 1. The largest absolute Gasteiger partial charge is 0.496 e. The highest BCUT2D eigenvalue weighted by molar-refractivity contribution is 6.09. The summed E-state index contributed by atoms with van der Waals surface area (Å²) in [7, 11) is 1.45. The van der Waals surface area contributed by atoms with Crippen molar-refractivity contribution in [3.63, 3.8) is 0 Å². The van der Waals surface area contributed by atoms with Crippen LogP contribution in [0.25, 0.3) is 0 Å². The molecule has 0 heterocycles. The van der Waals surface area contributed by atoms with Crippen LogP contribution in [0.5, 0.6) is 5.75 Å². The van der Waals surface area contributed by atoms with Crippen molar-refractivity contribution >= 4 is 11.8 Å². The maximum atomic E-state index is 11.9. The number of benzene rings is 1. The van der Waals surface area contributed by atoms with Crippen molar-refractivity contribution in [1.82, 2.24) is 0 Å². The highest BCUT2D eigenvalue weighted by atomic mass is 16.5. The molecule has 0 aromatic heterocycles. The molecule has 0 bridgehead atoms. The van der Waals surface area contributed by atoms with Gasteiger partial charge in [-0.2, -0.15) is 0 Å². The van der Waals surface area contributed by atoms with E-state index in [0.717, 1.165) is 0 Å². The molecule has 1 aromatic rings. The fraction of sp³-hybridized carbons (Fsp3) is 0.231. The van der Waals surface area contributed by atoms with Crippen LogP contribution in [-0.2, 0) is 0 Å². The molecule has 1 rings (SSSR count). The minimum atomic E-state index is -1.06. The topological polar surface area (TPSA) is 63.6 Å². The number of carboxylic acid groups (broad SMARTS) is 1. The molecule has 90 valence electrons. The summed E-state index contributed by atoms with van der Waals surface area (Å²) in [5.74, 6) is -0.930. The van der Waals surface area contributed by atoms with Gasteiger partial charge in [-0.05, 0) is 37.6 Å². The zero-order valence-electron chi connectivity index (χ0n) is 9.98. The van der Waals surface area contributed by atoms with Crippen molar-refractivity contribution in [1.29, 1.82) is 0 Å². The minimum absolute atomic E-state index is 0.110. The molecule has 0 aliphatic carbocycles. The Morgan fingerprint density at radius 3 is 2.47 bits per heavy atom. The van der Waals surface area contributed by atoms with Gasteiger partial charge in [0.25, 0.3) is 0 Å².